The predicted molar refractivity (Wildman–Crippen MR) is 73.4 cm³/mol. The molecule has 0 saturated heterocycles. The van der Waals surface area contributed by atoms with E-state index in [-0.39, 0.29) is 10.9 Å². The summed E-state index contributed by atoms with van der Waals surface area (Å²) < 4.78 is 13.7. The standard InChI is InChI=1S/C14H15FN2O3/c1-14(2,3)17-13(20)10-11(18)9-7(15)5-4-6-8(9)16-12(10)19/h4-6H,1-3H3,(H,17,20)(H2,16,18,19). The van der Waals surface area contributed by atoms with Gasteiger partial charge >= 0.3 is 0 Å². The minimum absolute atomic E-state index is 0.139. The lowest BCUT2D eigenvalue weighted by molar-refractivity contribution is 0.0915. The van der Waals surface area contributed by atoms with Gasteiger partial charge in [0.2, 0.25) is 0 Å². The molecular formula is C14H15FN2O3. The van der Waals surface area contributed by atoms with E-state index in [1.165, 1.54) is 12.1 Å². The number of aromatic amines is 1. The van der Waals surface area contributed by atoms with Crippen LogP contribution in [0.25, 0.3) is 10.9 Å². The van der Waals surface area contributed by atoms with E-state index in [0.717, 1.165) is 6.07 Å². The summed E-state index contributed by atoms with van der Waals surface area (Å²) in [6, 6.07) is 4.00. The molecule has 0 atom stereocenters. The second kappa shape index (κ2) is 4.63. The largest absolute Gasteiger partial charge is 0.506 e. The van der Waals surface area contributed by atoms with Crippen LogP contribution >= 0.6 is 0 Å². The van der Waals surface area contributed by atoms with Crippen LogP contribution in [0.4, 0.5) is 4.39 Å². The van der Waals surface area contributed by atoms with Crippen molar-refractivity contribution in [3.8, 4) is 5.75 Å². The molecule has 3 N–H and O–H groups in total. The number of carbonyl (C=O) groups is 1. The average molecular weight is 278 g/mol. The van der Waals surface area contributed by atoms with Crippen molar-refractivity contribution < 1.29 is 14.3 Å². The number of fused-ring (bicyclic) bond motifs is 1. The minimum Gasteiger partial charge on any atom is -0.506 e. The lowest BCUT2D eigenvalue weighted by atomic mass is 10.1. The lowest BCUT2D eigenvalue weighted by Gasteiger charge is -2.20. The second-order valence-corrected chi connectivity index (χ2v) is 5.54. The van der Waals surface area contributed by atoms with Crippen LogP contribution in [0.15, 0.2) is 23.0 Å². The van der Waals surface area contributed by atoms with Gasteiger partial charge in [-0.05, 0) is 32.9 Å². The SMILES string of the molecule is CC(C)(C)NC(=O)c1c(O)c2c(F)cccc2[nH]c1=O. The van der Waals surface area contributed by atoms with Crippen LogP contribution in [-0.4, -0.2) is 21.5 Å². The highest BCUT2D eigenvalue weighted by Gasteiger charge is 2.24. The van der Waals surface area contributed by atoms with Crippen LogP contribution in [0.2, 0.25) is 0 Å². The Hall–Kier alpha value is -2.37. The van der Waals surface area contributed by atoms with E-state index in [9.17, 15) is 19.1 Å². The van der Waals surface area contributed by atoms with Crippen molar-refractivity contribution in [1.29, 1.82) is 0 Å². The second-order valence-electron chi connectivity index (χ2n) is 5.54. The number of aromatic hydroxyl groups is 1. The molecule has 0 aliphatic heterocycles. The predicted octanol–water partition coefficient (Wildman–Crippen LogP) is 1.90. The molecular weight excluding hydrogens is 263 g/mol. The zero-order valence-electron chi connectivity index (χ0n) is 11.4. The van der Waals surface area contributed by atoms with E-state index in [1.54, 1.807) is 20.8 Å². The molecule has 1 aromatic heterocycles. The van der Waals surface area contributed by atoms with Gasteiger partial charge in [-0.3, -0.25) is 9.59 Å². The Bertz CT molecular complexity index is 744. The maximum Gasteiger partial charge on any atom is 0.265 e. The number of benzene rings is 1. The van der Waals surface area contributed by atoms with Crippen LogP contribution in [-0.2, 0) is 0 Å². The third-order valence-electron chi connectivity index (χ3n) is 2.68. The summed E-state index contributed by atoms with van der Waals surface area (Å²) in [4.78, 5) is 26.3. The Labute approximate surface area is 114 Å². The van der Waals surface area contributed by atoms with Crippen molar-refractivity contribution >= 4 is 16.8 Å². The fraction of sp³-hybridized carbons (Fsp3) is 0.286. The molecule has 0 fully saturated rings. The summed E-state index contributed by atoms with van der Waals surface area (Å²) in [5, 5.41) is 12.4. The number of nitrogens with one attached hydrogen (secondary N) is 2. The fourth-order valence-corrected chi connectivity index (χ4v) is 1.90. The van der Waals surface area contributed by atoms with Gasteiger partial charge in [-0.1, -0.05) is 6.07 Å². The molecule has 1 amide bonds. The van der Waals surface area contributed by atoms with Crippen molar-refractivity contribution in [2.24, 2.45) is 0 Å². The summed E-state index contributed by atoms with van der Waals surface area (Å²) in [6.07, 6.45) is 0. The van der Waals surface area contributed by atoms with Crippen molar-refractivity contribution in [2.75, 3.05) is 0 Å². The first-order valence-electron chi connectivity index (χ1n) is 6.06. The number of hydrogen-bond donors (Lipinski definition) is 3. The number of aromatic nitrogens is 1. The van der Waals surface area contributed by atoms with Crippen LogP contribution in [0.5, 0.6) is 5.75 Å². The quantitative estimate of drug-likeness (QED) is 0.745. The highest BCUT2D eigenvalue weighted by molar-refractivity contribution is 6.02. The number of pyridine rings is 1. The first-order chi connectivity index (χ1) is 9.20. The Morgan fingerprint density at radius 2 is 2.00 bits per heavy atom. The molecule has 2 aromatic rings. The van der Waals surface area contributed by atoms with Crippen molar-refractivity contribution in [3.05, 3.63) is 39.9 Å². The van der Waals surface area contributed by atoms with Gasteiger partial charge in [0.15, 0.2) is 0 Å². The smallest absolute Gasteiger partial charge is 0.265 e. The fourth-order valence-electron chi connectivity index (χ4n) is 1.90. The molecule has 0 bridgehead atoms. The van der Waals surface area contributed by atoms with E-state index < -0.39 is 34.1 Å². The zero-order valence-corrected chi connectivity index (χ0v) is 11.4. The van der Waals surface area contributed by atoms with Gasteiger partial charge in [-0.25, -0.2) is 4.39 Å². The van der Waals surface area contributed by atoms with E-state index in [0.29, 0.717) is 0 Å². The molecule has 1 aromatic carbocycles. The molecule has 106 valence electrons. The number of hydrogen-bond acceptors (Lipinski definition) is 3. The molecule has 0 spiro atoms. The van der Waals surface area contributed by atoms with E-state index >= 15 is 0 Å². The maximum absolute atomic E-state index is 13.7. The van der Waals surface area contributed by atoms with Gasteiger partial charge < -0.3 is 15.4 Å². The molecule has 1 heterocycles. The van der Waals surface area contributed by atoms with E-state index in [2.05, 4.69) is 10.3 Å². The number of carbonyl (C=O) groups excluding carboxylic acids is 1. The molecule has 0 radical (unpaired) electrons. The molecule has 0 saturated carbocycles. The summed E-state index contributed by atoms with van der Waals surface area (Å²) in [7, 11) is 0. The van der Waals surface area contributed by atoms with Crippen LogP contribution < -0.4 is 10.9 Å². The van der Waals surface area contributed by atoms with E-state index in [1.807, 2.05) is 0 Å². The first kappa shape index (κ1) is 14.0. The van der Waals surface area contributed by atoms with Gasteiger partial charge in [-0.15, -0.1) is 0 Å². The molecule has 6 heteroatoms. The third kappa shape index (κ3) is 2.49. The average Bonchev–Trinajstić information content (AvgIpc) is 2.25. The zero-order chi connectivity index (χ0) is 15.1. The molecule has 0 unspecified atom stereocenters. The molecule has 5 nitrogen and oxygen atoms in total. The molecule has 0 aliphatic rings. The van der Waals surface area contributed by atoms with Crippen LogP contribution in [0.3, 0.4) is 0 Å². The van der Waals surface area contributed by atoms with Crippen LogP contribution in [0, 0.1) is 5.82 Å². The Kier molecular flexibility index (Phi) is 3.25. The van der Waals surface area contributed by atoms with Crippen LogP contribution in [0.1, 0.15) is 31.1 Å². The highest BCUT2D eigenvalue weighted by atomic mass is 19.1. The normalized spacial score (nSPS) is 11.6. The van der Waals surface area contributed by atoms with Gasteiger partial charge in [0, 0.05) is 5.54 Å². The highest BCUT2D eigenvalue weighted by Crippen LogP contribution is 2.27. The van der Waals surface area contributed by atoms with Gasteiger partial charge in [-0.2, -0.15) is 0 Å². The number of H-pyrrole nitrogens is 1. The Morgan fingerprint density at radius 3 is 2.60 bits per heavy atom. The van der Waals surface area contributed by atoms with Crippen molar-refractivity contribution in [2.45, 2.75) is 26.3 Å². The monoisotopic (exact) mass is 278 g/mol. The van der Waals surface area contributed by atoms with Gasteiger partial charge in [0.1, 0.15) is 17.1 Å². The number of amides is 1. The van der Waals surface area contributed by atoms with Gasteiger partial charge in [0.05, 0.1) is 10.9 Å². The van der Waals surface area contributed by atoms with Gasteiger partial charge in [0.25, 0.3) is 11.5 Å². The Morgan fingerprint density at radius 1 is 1.35 bits per heavy atom. The minimum atomic E-state index is -0.762. The third-order valence-corrected chi connectivity index (χ3v) is 2.68. The summed E-state index contributed by atoms with van der Waals surface area (Å²) in [5.74, 6) is -2.11. The van der Waals surface area contributed by atoms with Crippen molar-refractivity contribution in [3.63, 3.8) is 0 Å². The first-order valence-corrected chi connectivity index (χ1v) is 6.06. The maximum atomic E-state index is 13.7. The Balaban J connectivity index is 2.69. The summed E-state index contributed by atoms with van der Waals surface area (Å²) >= 11 is 0. The van der Waals surface area contributed by atoms with Crippen molar-refractivity contribution in [1.82, 2.24) is 10.3 Å². The number of halogens is 1. The lowest BCUT2D eigenvalue weighted by Crippen LogP contribution is -2.42. The molecule has 0 aliphatic carbocycles. The summed E-state index contributed by atoms with van der Waals surface area (Å²) in [5.41, 5.74) is -1.69. The topological polar surface area (TPSA) is 82.2 Å². The molecule has 20 heavy (non-hydrogen) atoms. The summed E-state index contributed by atoms with van der Waals surface area (Å²) in [6.45, 7) is 5.20. The molecule has 2 rings (SSSR count). The number of rotatable bonds is 1. The van der Waals surface area contributed by atoms with E-state index in [4.69, 9.17) is 0 Å².